The van der Waals surface area contributed by atoms with Gasteiger partial charge < -0.3 is 10.6 Å². The summed E-state index contributed by atoms with van der Waals surface area (Å²) < 4.78 is 0. The van der Waals surface area contributed by atoms with Crippen LogP contribution in [0.15, 0.2) is 24.3 Å². The number of benzene rings is 1. The molecule has 1 saturated heterocycles. The first-order valence-electron chi connectivity index (χ1n) is 6.32. The van der Waals surface area contributed by atoms with Crippen LogP contribution in [0.2, 0.25) is 0 Å². The van der Waals surface area contributed by atoms with Gasteiger partial charge >= 0.3 is 0 Å². The number of amides is 1. The summed E-state index contributed by atoms with van der Waals surface area (Å²) in [7, 11) is 0. The molecule has 1 aromatic rings. The summed E-state index contributed by atoms with van der Waals surface area (Å²) in [4.78, 5) is 11.1. The molecule has 3 heteroatoms. The van der Waals surface area contributed by atoms with Gasteiger partial charge in [0.2, 0.25) is 5.91 Å². The van der Waals surface area contributed by atoms with Crippen molar-refractivity contribution in [2.75, 3.05) is 18.4 Å². The highest BCUT2D eigenvalue weighted by Gasteiger charge is 2.15. The number of hydrogen-bond acceptors (Lipinski definition) is 2. The SMILES string of the molecule is CC(=O)Nc1ccccc1CC1CCNCC1. The summed E-state index contributed by atoms with van der Waals surface area (Å²) in [6, 6.07) is 8.12. The van der Waals surface area contributed by atoms with Crippen LogP contribution in [0, 0.1) is 5.92 Å². The zero-order chi connectivity index (χ0) is 12.1. The van der Waals surface area contributed by atoms with Gasteiger partial charge in [-0.3, -0.25) is 4.79 Å². The number of para-hydroxylation sites is 1. The van der Waals surface area contributed by atoms with Crippen LogP contribution in [0.4, 0.5) is 5.69 Å². The van der Waals surface area contributed by atoms with E-state index in [9.17, 15) is 4.79 Å². The van der Waals surface area contributed by atoms with Crippen LogP contribution in [0.5, 0.6) is 0 Å². The number of rotatable bonds is 3. The Balaban J connectivity index is 2.05. The lowest BCUT2D eigenvalue weighted by Crippen LogP contribution is -2.28. The first-order chi connectivity index (χ1) is 8.25. The molecular weight excluding hydrogens is 212 g/mol. The van der Waals surface area contributed by atoms with E-state index in [0.29, 0.717) is 0 Å². The zero-order valence-electron chi connectivity index (χ0n) is 10.3. The Hall–Kier alpha value is -1.35. The van der Waals surface area contributed by atoms with Crippen molar-refractivity contribution in [3.05, 3.63) is 29.8 Å². The van der Waals surface area contributed by atoms with Gasteiger partial charge in [-0.2, -0.15) is 0 Å². The third-order valence-electron chi connectivity index (χ3n) is 3.30. The maximum atomic E-state index is 11.1. The molecule has 0 bridgehead atoms. The Morgan fingerprint density at radius 3 is 2.76 bits per heavy atom. The summed E-state index contributed by atoms with van der Waals surface area (Å²) in [5, 5.41) is 6.29. The summed E-state index contributed by atoms with van der Waals surface area (Å²) in [6.45, 7) is 3.79. The molecule has 1 aromatic carbocycles. The Labute approximate surface area is 103 Å². The summed E-state index contributed by atoms with van der Waals surface area (Å²) >= 11 is 0. The Bertz CT molecular complexity index is 384. The van der Waals surface area contributed by atoms with Gasteiger partial charge in [-0.15, -0.1) is 0 Å². The minimum atomic E-state index is 0.00256. The number of anilines is 1. The van der Waals surface area contributed by atoms with Crippen LogP contribution in [-0.2, 0) is 11.2 Å². The highest BCUT2D eigenvalue weighted by molar-refractivity contribution is 5.89. The predicted octanol–water partition coefficient (Wildman–Crippen LogP) is 2.19. The van der Waals surface area contributed by atoms with Gasteiger partial charge in [-0.25, -0.2) is 0 Å². The van der Waals surface area contributed by atoms with Gasteiger partial charge in [0.15, 0.2) is 0 Å². The zero-order valence-corrected chi connectivity index (χ0v) is 10.3. The van der Waals surface area contributed by atoms with E-state index in [2.05, 4.69) is 16.7 Å². The van der Waals surface area contributed by atoms with Crippen molar-refractivity contribution in [3.8, 4) is 0 Å². The van der Waals surface area contributed by atoms with Crippen LogP contribution in [0.3, 0.4) is 0 Å². The first-order valence-corrected chi connectivity index (χ1v) is 6.32. The van der Waals surface area contributed by atoms with Crippen molar-refractivity contribution < 1.29 is 4.79 Å². The molecule has 0 atom stereocenters. The number of carbonyl (C=O) groups excluding carboxylic acids is 1. The largest absolute Gasteiger partial charge is 0.326 e. The maximum absolute atomic E-state index is 11.1. The summed E-state index contributed by atoms with van der Waals surface area (Å²) in [5.74, 6) is 0.744. The van der Waals surface area contributed by atoms with E-state index in [0.717, 1.165) is 31.1 Å². The molecule has 0 aromatic heterocycles. The molecule has 0 aliphatic carbocycles. The van der Waals surface area contributed by atoms with Gasteiger partial charge in [0, 0.05) is 12.6 Å². The fraction of sp³-hybridized carbons (Fsp3) is 0.500. The molecule has 0 unspecified atom stereocenters. The second-order valence-electron chi connectivity index (χ2n) is 4.74. The normalized spacial score (nSPS) is 16.8. The monoisotopic (exact) mass is 232 g/mol. The molecule has 1 fully saturated rings. The van der Waals surface area contributed by atoms with Gasteiger partial charge in [0.05, 0.1) is 0 Å². The lowest BCUT2D eigenvalue weighted by atomic mass is 9.90. The third kappa shape index (κ3) is 3.56. The van der Waals surface area contributed by atoms with Crippen LogP contribution >= 0.6 is 0 Å². The van der Waals surface area contributed by atoms with Gasteiger partial charge in [0.1, 0.15) is 0 Å². The van der Waals surface area contributed by atoms with E-state index in [1.165, 1.54) is 18.4 Å². The van der Waals surface area contributed by atoms with Gasteiger partial charge in [-0.05, 0) is 49.9 Å². The summed E-state index contributed by atoms with van der Waals surface area (Å²) in [6.07, 6.45) is 3.53. The highest BCUT2D eigenvalue weighted by atomic mass is 16.1. The molecular formula is C14H20N2O. The average Bonchev–Trinajstić information content (AvgIpc) is 2.32. The second-order valence-corrected chi connectivity index (χ2v) is 4.74. The van der Waals surface area contributed by atoms with Crippen molar-refractivity contribution in [1.82, 2.24) is 5.32 Å². The molecule has 1 aliphatic rings. The van der Waals surface area contributed by atoms with Crippen molar-refractivity contribution >= 4 is 11.6 Å². The Kier molecular flexibility index (Phi) is 4.15. The van der Waals surface area contributed by atoms with Crippen LogP contribution in [0.1, 0.15) is 25.3 Å². The molecule has 0 spiro atoms. The number of piperidine rings is 1. The molecule has 0 radical (unpaired) electrons. The first kappa shape index (κ1) is 12.1. The minimum absolute atomic E-state index is 0.00256. The maximum Gasteiger partial charge on any atom is 0.221 e. The molecule has 92 valence electrons. The lowest BCUT2D eigenvalue weighted by molar-refractivity contribution is -0.114. The van der Waals surface area contributed by atoms with Crippen molar-refractivity contribution in [2.24, 2.45) is 5.92 Å². The topological polar surface area (TPSA) is 41.1 Å². The smallest absolute Gasteiger partial charge is 0.221 e. The van der Waals surface area contributed by atoms with E-state index < -0.39 is 0 Å². The van der Waals surface area contributed by atoms with Crippen molar-refractivity contribution in [3.63, 3.8) is 0 Å². The predicted molar refractivity (Wildman–Crippen MR) is 70.0 cm³/mol. The van der Waals surface area contributed by atoms with E-state index in [4.69, 9.17) is 0 Å². The lowest BCUT2D eigenvalue weighted by Gasteiger charge is -2.23. The van der Waals surface area contributed by atoms with Crippen LogP contribution in [0.25, 0.3) is 0 Å². The van der Waals surface area contributed by atoms with E-state index in [1.54, 1.807) is 6.92 Å². The number of nitrogens with one attached hydrogen (secondary N) is 2. The average molecular weight is 232 g/mol. The van der Waals surface area contributed by atoms with E-state index in [-0.39, 0.29) is 5.91 Å². The van der Waals surface area contributed by atoms with Gasteiger partial charge in [0.25, 0.3) is 0 Å². The van der Waals surface area contributed by atoms with E-state index in [1.807, 2.05) is 18.2 Å². The summed E-state index contributed by atoms with van der Waals surface area (Å²) in [5.41, 5.74) is 2.23. The molecule has 2 rings (SSSR count). The molecule has 17 heavy (non-hydrogen) atoms. The number of hydrogen-bond donors (Lipinski definition) is 2. The minimum Gasteiger partial charge on any atom is -0.326 e. The van der Waals surface area contributed by atoms with Crippen LogP contribution in [-0.4, -0.2) is 19.0 Å². The molecule has 2 N–H and O–H groups in total. The number of carbonyl (C=O) groups is 1. The fourth-order valence-corrected chi connectivity index (χ4v) is 2.41. The Morgan fingerprint density at radius 2 is 2.06 bits per heavy atom. The molecule has 1 amide bonds. The van der Waals surface area contributed by atoms with Gasteiger partial charge in [-0.1, -0.05) is 18.2 Å². The van der Waals surface area contributed by atoms with E-state index >= 15 is 0 Å². The fourth-order valence-electron chi connectivity index (χ4n) is 2.41. The quantitative estimate of drug-likeness (QED) is 0.838. The molecule has 0 saturated carbocycles. The molecule has 3 nitrogen and oxygen atoms in total. The standard InChI is InChI=1S/C14H20N2O/c1-11(17)16-14-5-3-2-4-13(14)10-12-6-8-15-9-7-12/h2-5,12,15H,6-10H2,1H3,(H,16,17). The van der Waals surface area contributed by atoms with Crippen molar-refractivity contribution in [1.29, 1.82) is 0 Å². The van der Waals surface area contributed by atoms with Crippen molar-refractivity contribution in [2.45, 2.75) is 26.2 Å². The highest BCUT2D eigenvalue weighted by Crippen LogP contribution is 2.23. The molecule has 1 aliphatic heterocycles. The van der Waals surface area contributed by atoms with Crippen LogP contribution < -0.4 is 10.6 Å². The second kappa shape index (κ2) is 5.82. The molecule has 1 heterocycles. The third-order valence-corrected chi connectivity index (χ3v) is 3.30. The Morgan fingerprint density at radius 1 is 1.35 bits per heavy atom.